The number of carbonyl (C=O) groups is 2. The lowest BCUT2D eigenvalue weighted by Crippen LogP contribution is -2.27. The van der Waals surface area contributed by atoms with Crippen molar-refractivity contribution in [2.45, 2.75) is 59.4 Å². The van der Waals surface area contributed by atoms with E-state index in [1.807, 2.05) is 20.8 Å². The third-order valence-corrected chi connectivity index (χ3v) is 3.59. The van der Waals surface area contributed by atoms with Crippen molar-refractivity contribution in [1.29, 1.82) is 0 Å². The largest absolute Gasteiger partial charge is 0.462 e. The third kappa shape index (κ3) is 7.53. The van der Waals surface area contributed by atoms with Crippen molar-refractivity contribution in [2.75, 3.05) is 5.32 Å². The van der Waals surface area contributed by atoms with E-state index in [4.69, 9.17) is 9.84 Å². The number of aromatic nitrogens is 2. The second-order valence-corrected chi connectivity index (χ2v) is 8.28. The van der Waals surface area contributed by atoms with Gasteiger partial charge in [-0.05, 0) is 47.6 Å². The molecule has 2 aromatic rings. The van der Waals surface area contributed by atoms with E-state index in [0.717, 1.165) is 15.1 Å². The zero-order valence-electron chi connectivity index (χ0n) is 15.3. The number of hydrogen-bond donors (Lipinski definition) is 3. The number of aliphatic hydroxyl groups excluding tert-OH is 1. The number of ether oxygens (including phenoxy) is 2. The number of amides is 1. The molecule has 0 unspecified atom stereocenters. The molecule has 0 bridgehead atoms. The third-order valence-electron chi connectivity index (χ3n) is 2.46. The first-order valence-electron chi connectivity index (χ1n) is 7.64. The fourth-order valence-electron chi connectivity index (χ4n) is 1.58. The molecule has 0 atom stereocenters. The molecule has 0 aliphatic rings. The Kier molecular flexibility index (Phi) is 6.95. The van der Waals surface area contributed by atoms with Crippen LogP contribution in [0.5, 0.6) is 0 Å². The number of rotatable bonds is 3. The summed E-state index contributed by atoms with van der Waals surface area (Å²) in [5.41, 5.74) is -0.0810. The summed E-state index contributed by atoms with van der Waals surface area (Å²) in [6, 6.07) is 1.80. The van der Waals surface area contributed by atoms with Gasteiger partial charge in [0.2, 0.25) is 0 Å². The Bertz CT molecular complexity index is 709. The number of aliphatic hydroxyl groups is 1. The van der Waals surface area contributed by atoms with E-state index >= 15 is 0 Å². The van der Waals surface area contributed by atoms with E-state index in [1.165, 1.54) is 11.3 Å². The van der Waals surface area contributed by atoms with E-state index < -0.39 is 11.7 Å². The van der Waals surface area contributed by atoms with E-state index in [0.29, 0.717) is 12.3 Å². The van der Waals surface area contributed by atoms with Crippen molar-refractivity contribution < 1.29 is 24.2 Å². The van der Waals surface area contributed by atoms with Crippen LogP contribution < -0.4 is 5.32 Å². The quantitative estimate of drug-likeness (QED) is 0.712. The number of thiophene rings is 1. The van der Waals surface area contributed by atoms with Gasteiger partial charge in [0, 0.05) is 4.88 Å². The number of anilines is 1. The van der Waals surface area contributed by atoms with Crippen molar-refractivity contribution in [2.24, 2.45) is 0 Å². The molecular formula is C16H25N3O5S. The Labute approximate surface area is 150 Å². The summed E-state index contributed by atoms with van der Waals surface area (Å²) in [5.74, 6) is 0.420. The SMILES string of the molecule is CC(C)(C)OC(=O)Nc1n[nH]c2cc(CO)sc12.CC(C)(C)OC=O. The number of carbonyl (C=O) groups excluding carboxylic acids is 2. The Balaban J connectivity index is 0.000000381. The summed E-state index contributed by atoms with van der Waals surface area (Å²) in [6.45, 7) is 11.3. The fraction of sp³-hybridized carbons (Fsp3) is 0.562. The minimum Gasteiger partial charge on any atom is -0.462 e. The van der Waals surface area contributed by atoms with Crippen LogP contribution in [-0.2, 0) is 20.9 Å². The molecule has 0 radical (unpaired) electrons. The predicted octanol–water partition coefficient (Wildman–Crippen LogP) is 3.42. The van der Waals surface area contributed by atoms with Gasteiger partial charge in [-0.3, -0.25) is 15.2 Å². The second-order valence-electron chi connectivity index (χ2n) is 7.14. The molecule has 2 aromatic heterocycles. The van der Waals surface area contributed by atoms with Crippen LogP contribution in [0.3, 0.4) is 0 Å². The number of nitrogens with zero attached hydrogens (tertiary/aromatic N) is 1. The highest BCUT2D eigenvalue weighted by molar-refractivity contribution is 7.19. The topological polar surface area (TPSA) is 114 Å². The molecule has 0 aromatic carbocycles. The maximum absolute atomic E-state index is 11.6. The highest BCUT2D eigenvalue weighted by atomic mass is 32.1. The van der Waals surface area contributed by atoms with Crippen LogP contribution in [0.2, 0.25) is 0 Å². The molecule has 0 saturated heterocycles. The van der Waals surface area contributed by atoms with Crippen LogP contribution in [0.4, 0.5) is 10.6 Å². The van der Waals surface area contributed by atoms with Crippen molar-refractivity contribution in [3.8, 4) is 0 Å². The Morgan fingerprint density at radius 2 is 1.96 bits per heavy atom. The number of hydrogen-bond acceptors (Lipinski definition) is 7. The van der Waals surface area contributed by atoms with Crippen LogP contribution in [0.25, 0.3) is 10.2 Å². The van der Waals surface area contributed by atoms with Gasteiger partial charge in [-0.25, -0.2) is 4.79 Å². The van der Waals surface area contributed by atoms with Crippen molar-refractivity contribution >= 4 is 39.9 Å². The number of aromatic amines is 1. The molecule has 0 aliphatic carbocycles. The van der Waals surface area contributed by atoms with Gasteiger partial charge in [0.1, 0.15) is 11.2 Å². The zero-order chi connectivity index (χ0) is 19.3. The molecule has 0 saturated carbocycles. The molecule has 2 heterocycles. The molecule has 2 rings (SSSR count). The summed E-state index contributed by atoms with van der Waals surface area (Å²) < 4.78 is 10.5. The highest BCUT2D eigenvalue weighted by Crippen LogP contribution is 2.30. The lowest BCUT2D eigenvalue weighted by Gasteiger charge is -2.19. The molecule has 1 amide bonds. The van der Waals surface area contributed by atoms with E-state index in [9.17, 15) is 9.59 Å². The zero-order valence-corrected chi connectivity index (χ0v) is 16.1. The summed E-state index contributed by atoms with van der Waals surface area (Å²) in [5, 5.41) is 18.4. The molecule has 25 heavy (non-hydrogen) atoms. The lowest BCUT2D eigenvalue weighted by molar-refractivity contribution is -0.138. The number of fused-ring (bicyclic) bond motifs is 1. The van der Waals surface area contributed by atoms with Gasteiger partial charge in [0.05, 0.1) is 16.8 Å². The van der Waals surface area contributed by atoms with Gasteiger partial charge in [0.15, 0.2) is 5.82 Å². The summed E-state index contributed by atoms with van der Waals surface area (Å²) in [6.07, 6.45) is -0.546. The van der Waals surface area contributed by atoms with E-state index in [1.54, 1.807) is 26.8 Å². The first-order valence-corrected chi connectivity index (χ1v) is 8.46. The summed E-state index contributed by atoms with van der Waals surface area (Å²) >= 11 is 1.38. The Morgan fingerprint density at radius 3 is 2.40 bits per heavy atom. The Morgan fingerprint density at radius 1 is 1.32 bits per heavy atom. The molecule has 3 N–H and O–H groups in total. The summed E-state index contributed by atoms with van der Waals surface area (Å²) in [7, 11) is 0. The normalized spacial score (nSPS) is 11.5. The van der Waals surface area contributed by atoms with E-state index in [-0.39, 0.29) is 12.2 Å². The average Bonchev–Trinajstić information content (AvgIpc) is 2.97. The fourth-order valence-corrected chi connectivity index (χ4v) is 2.49. The average molecular weight is 371 g/mol. The van der Waals surface area contributed by atoms with E-state index in [2.05, 4.69) is 20.3 Å². The Hall–Kier alpha value is -2.13. The molecule has 0 fully saturated rings. The smallest absolute Gasteiger partial charge is 0.413 e. The lowest BCUT2D eigenvalue weighted by atomic mass is 10.2. The minimum atomic E-state index is -0.550. The molecule has 9 heteroatoms. The van der Waals surface area contributed by atoms with Gasteiger partial charge in [-0.2, -0.15) is 5.10 Å². The van der Waals surface area contributed by atoms with Crippen LogP contribution in [0.15, 0.2) is 6.07 Å². The van der Waals surface area contributed by atoms with Crippen LogP contribution in [0.1, 0.15) is 46.4 Å². The predicted molar refractivity (Wildman–Crippen MR) is 96.7 cm³/mol. The highest BCUT2D eigenvalue weighted by Gasteiger charge is 2.18. The van der Waals surface area contributed by atoms with Crippen molar-refractivity contribution in [3.05, 3.63) is 10.9 Å². The van der Waals surface area contributed by atoms with Crippen molar-refractivity contribution in [3.63, 3.8) is 0 Å². The van der Waals surface area contributed by atoms with Crippen molar-refractivity contribution in [1.82, 2.24) is 10.2 Å². The molecular weight excluding hydrogens is 346 g/mol. The van der Waals surface area contributed by atoms with Gasteiger partial charge in [0.25, 0.3) is 6.47 Å². The maximum Gasteiger partial charge on any atom is 0.413 e. The summed E-state index contributed by atoms with van der Waals surface area (Å²) in [4.78, 5) is 22.0. The van der Waals surface area contributed by atoms with Gasteiger partial charge >= 0.3 is 6.09 Å². The second kappa shape index (κ2) is 8.30. The van der Waals surface area contributed by atoms with Crippen LogP contribution in [0, 0.1) is 0 Å². The van der Waals surface area contributed by atoms with Gasteiger partial charge in [-0.1, -0.05) is 0 Å². The first-order chi connectivity index (χ1) is 11.4. The van der Waals surface area contributed by atoms with Crippen LogP contribution >= 0.6 is 11.3 Å². The van der Waals surface area contributed by atoms with Gasteiger partial charge in [-0.15, -0.1) is 11.3 Å². The molecule has 0 aliphatic heterocycles. The van der Waals surface area contributed by atoms with Crippen LogP contribution in [-0.4, -0.2) is 39.1 Å². The first kappa shape index (κ1) is 20.9. The molecule has 0 spiro atoms. The molecule has 140 valence electrons. The number of H-pyrrole nitrogens is 1. The monoisotopic (exact) mass is 371 g/mol. The maximum atomic E-state index is 11.6. The minimum absolute atomic E-state index is 0.0287. The van der Waals surface area contributed by atoms with Gasteiger partial charge < -0.3 is 14.6 Å². The number of nitrogens with one attached hydrogen (secondary N) is 2. The standard InChI is InChI=1S/C11H15N3O3S.C5H10O2/c1-11(2,3)17-10(16)12-9-8-7(13-14-9)4-6(5-15)18-8;1-5(2,3)7-4-6/h4,15H,5H2,1-3H3,(H2,12,13,14,16);4H,1-3H3. The molecule has 8 nitrogen and oxygen atoms in total.